The molecule has 176 valence electrons. The molecule has 1 atom stereocenters. The van der Waals surface area contributed by atoms with E-state index in [9.17, 15) is 18.8 Å². The van der Waals surface area contributed by atoms with Gasteiger partial charge in [-0.15, -0.1) is 11.3 Å². The van der Waals surface area contributed by atoms with E-state index in [4.69, 9.17) is 5.73 Å². The predicted molar refractivity (Wildman–Crippen MR) is 128 cm³/mol. The van der Waals surface area contributed by atoms with Crippen LogP contribution in [0.25, 0.3) is 0 Å². The van der Waals surface area contributed by atoms with Gasteiger partial charge in [-0.2, -0.15) is 0 Å². The summed E-state index contributed by atoms with van der Waals surface area (Å²) in [6, 6.07) is 9.15. The molecule has 0 saturated heterocycles. The topological polar surface area (TPSA) is 114 Å². The first-order valence-electron chi connectivity index (χ1n) is 11.1. The first kappa shape index (κ1) is 23.6. The van der Waals surface area contributed by atoms with Crippen LogP contribution in [-0.4, -0.2) is 29.3 Å². The minimum atomic E-state index is -0.655. The van der Waals surface area contributed by atoms with Crippen molar-refractivity contribution >= 4 is 34.1 Å². The maximum Gasteiger partial charge on any atom is 0.257 e. The number of rotatable bonds is 8. The number of nitrogens with two attached hydrogens (primary N) is 1. The Morgan fingerprint density at radius 1 is 1.09 bits per heavy atom. The molecule has 0 radical (unpaired) electrons. The van der Waals surface area contributed by atoms with E-state index in [1.165, 1.54) is 29.7 Å². The number of carbonyl (C=O) groups is 3. The van der Waals surface area contributed by atoms with E-state index in [-0.39, 0.29) is 30.6 Å². The Balaban J connectivity index is 1.52. The zero-order chi connectivity index (χ0) is 24.1. The summed E-state index contributed by atoms with van der Waals surface area (Å²) in [7, 11) is 0. The Kier molecular flexibility index (Phi) is 7.32. The van der Waals surface area contributed by atoms with Crippen LogP contribution < -0.4 is 16.4 Å². The lowest BCUT2D eigenvalue weighted by Crippen LogP contribution is -2.37. The van der Waals surface area contributed by atoms with Gasteiger partial charge in [-0.1, -0.05) is 12.1 Å². The summed E-state index contributed by atoms with van der Waals surface area (Å²) < 4.78 is 13.2. The minimum Gasteiger partial charge on any atom is -0.369 e. The first-order chi connectivity index (χ1) is 16.4. The smallest absolute Gasteiger partial charge is 0.257 e. The SMILES string of the molecule is NC(=O)C(CNC(=O)c1c(NC(=O)c2cccnc2)sc2c1CCCC2)Cc1ccc(F)cc1. The largest absolute Gasteiger partial charge is 0.369 e. The van der Waals surface area contributed by atoms with Gasteiger partial charge in [0, 0.05) is 23.8 Å². The highest BCUT2D eigenvalue weighted by atomic mass is 32.1. The van der Waals surface area contributed by atoms with E-state index < -0.39 is 11.8 Å². The number of aromatic nitrogens is 1. The quantitative estimate of drug-likeness (QED) is 0.458. The summed E-state index contributed by atoms with van der Waals surface area (Å²) in [5.74, 6) is -2.27. The van der Waals surface area contributed by atoms with E-state index >= 15 is 0 Å². The van der Waals surface area contributed by atoms with Crippen molar-refractivity contribution in [1.82, 2.24) is 10.3 Å². The second-order valence-corrected chi connectivity index (χ2v) is 9.36. The number of amides is 3. The van der Waals surface area contributed by atoms with Gasteiger partial charge in [-0.05, 0) is 67.5 Å². The number of aryl methyl sites for hydroxylation is 1. The second-order valence-electron chi connectivity index (χ2n) is 8.25. The van der Waals surface area contributed by atoms with Crippen molar-refractivity contribution in [1.29, 1.82) is 0 Å². The van der Waals surface area contributed by atoms with Crippen molar-refractivity contribution in [3.05, 3.63) is 81.7 Å². The number of halogens is 1. The van der Waals surface area contributed by atoms with Gasteiger partial charge >= 0.3 is 0 Å². The molecule has 3 amide bonds. The van der Waals surface area contributed by atoms with Gasteiger partial charge < -0.3 is 16.4 Å². The number of hydrogen-bond donors (Lipinski definition) is 3. The Hall–Kier alpha value is -3.59. The number of thiophene rings is 1. The molecule has 0 fully saturated rings. The monoisotopic (exact) mass is 480 g/mol. The molecule has 7 nitrogen and oxygen atoms in total. The minimum absolute atomic E-state index is 0.0339. The molecule has 34 heavy (non-hydrogen) atoms. The molecule has 4 rings (SSSR count). The van der Waals surface area contributed by atoms with Crippen LogP contribution >= 0.6 is 11.3 Å². The maximum atomic E-state index is 13.3. The second kappa shape index (κ2) is 10.6. The van der Waals surface area contributed by atoms with Crippen LogP contribution in [-0.2, 0) is 24.1 Å². The molecule has 2 aromatic heterocycles. The summed E-state index contributed by atoms with van der Waals surface area (Å²) in [6.45, 7) is 0.0339. The number of carbonyl (C=O) groups excluding carboxylic acids is 3. The molecule has 9 heteroatoms. The molecule has 1 aliphatic rings. The van der Waals surface area contributed by atoms with Crippen molar-refractivity contribution in [3.8, 4) is 0 Å². The average molecular weight is 481 g/mol. The van der Waals surface area contributed by atoms with Crippen LogP contribution in [0.15, 0.2) is 48.8 Å². The molecule has 0 bridgehead atoms. The maximum absolute atomic E-state index is 13.3. The summed E-state index contributed by atoms with van der Waals surface area (Å²) in [4.78, 5) is 43.1. The predicted octanol–water partition coefficient (Wildman–Crippen LogP) is 3.49. The van der Waals surface area contributed by atoms with Gasteiger partial charge in [-0.3, -0.25) is 19.4 Å². The third kappa shape index (κ3) is 5.48. The highest BCUT2D eigenvalue weighted by molar-refractivity contribution is 7.17. The number of primary amides is 1. The van der Waals surface area contributed by atoms with Crippen LogP contribution in [0.5, 0.6) is 0 Å². The average Bonchev–Trinajstić information content (AvgIpc) is 3.21. The highest BCUT2D eigenvalue weighted by Crippen LogP contribution is 2.38. The fraction of sp³-hybridized carbons (Fsp3) is 0.280. The lowest BCUT2D eigenvalue weighted by atomic mass is 9.94. The zero-order valence-corrected chi connectivity index (χ0v) is 19.3. The van der Waals surface area contributed by atoms with Gasteiger partial charge in [-0.25, -0.2) is 4.39 Å². The van der Waals surface area contributed by atoms with Crippen molar-refractivity contribution < 1.29 is 18.8 Å². The molecule has 0 aliphatic heterocycles. The molecule has 0 saturated carbocycles. The standard InChI is InChI=1S/C25H25FN4O3S/c26-18-9-7-15(8-10-18)12-17(22(27)31)14-29-24(33)21-19-5-1-2-6-20(19)34-25(21)30-23(32)16-4-3-11-28-13-16/h3-4,7-11,13,17H,1-2,5-6,12,14H2,(H2,27,31)(H,29,33)(H,30,32). The van der Waals surface area contributed by atoms with Crippen molar-refractivity contribution in [3.63, 3.8) is 0 Å². The fourth-order valence-corrected chi connectivity index (χ4v) is 5.33. The molecular weight excluding hydrogens is 455 g/mol. The number of hydrogen-bond acceptors (Lipinski definition) is 5. The van der Waals surface area contributed by atoms with E-state index in [0.29, 0.717) is 16.1 Å². The molecule has 1 unspecified atom stereocenters. The van der Waals surface area contributed by atoms with E-state index in [1.807, 2.05) is 0 Å². The lowest BCUT2D eigenvalue weighted by Gasteiger charge is -2.16. The number of pyridine rings is 1. The van der Waals surface area contributed by atoms with Crippen LogP contribution in [0.2, 0.25) is 0 Å². The molecule has 1 aliphatic carbocycles. The Bertz CT molecular complexity index is 1190. The molecule has 2 heterocycles. The van der Waals surface area contributed by atoms with Gasteiger partial charge in [0.05, 0.1) is 17.0 Å². The van der Waals surface area contributed by atoms with Crippen LogP contribution in [0.4, 0.5) is 9.39 Å². The van der Waals surface area contributed by atoms with Gasteiger partial charge in [0.1, 0.15) is 10.8 Å². The third-order valence-electron chi connectivity index (χ3n) is 5.86. The Morgan fingerprint density at radius 3 is 2.56 bits per heavy atom. The molecular formula is C25H25FN4O3S. The van der Waals surface area contributed by atoms with Crippen LogP contribution in [0, 0.1) is 11.7 Å². The number of anilines is 1. The fourth-order valence-electron chi connectivity index (χ4n) is 4.05. The first-order valence-corrected chi connectivity index (χ1v) is 11.9. The van der Waals surface area contributed by atoms with E-state index in [2.05, 4.69) is 15.6 Å². The molecule has 1 aromatic carbocycles. The van der Waals surface area contributed by atoms with Crippen molar-refractivity contribution in [2.75, 3.05) is 11.9 Å². The van der Waals surface area contributed by atoms with Gasteiger partial charge in [0.2, 0.25) is 5.91 Å². The molecule has 3 aromatic rings. The number of benzene rings is 1. The molecule has 4 N–H and O–H groups in total. The Labute approximate surface area is 200 Å². The number of nitrogens with zero attached hydrogens (tertiary/aromatic N) is 1. The summed E-state index contributed by atoms with van der Waals surface area (Å²) in [5.41, 5.74) is 8.10. The Morgan fingerprint density at radius 2 is 1.85 bits per heavy atom. The number of nitrogens with one attached hydrogen (secondary N) is 2. The van der Waals surface area contributed by atoms with Gasteiger partial charge in [0.25, 0.3) is 11.8 Å². The van der Waals surface area contributed by atoms with Crippen molar-refractivity contribution in [2.24, 2.45) is 11.7 Å². The third-order valence-corrected chi connectivity index (χ3v) is 7.06. The summed E-state index contributed by atoms with van der Waals surface area (Å²) >= 11 is 1.42. The van der Waals surface area contributed by atoms with Crippen LogP contribution in [0.3, 0.4) is 0 Å². The van der Waals surface area contributed by atoms with Crippen LogP contribution in [0.1, 0.15) is 49.6 Å². The molecule has 0 spiro atoms. The van der Waals surface area contributed by atoms with Gasteiger partial charge in [0.15, 0.2) is 0 Å². The highest BCUT2D eigenvalue weighted by Gasteiger charge is 2.27. The lowest BCUT2D eigenvalue weighted by molar-refractivity contribution is -0.121. The normalized spacial score (nSPS) is 13.6. The van der Waals surface area contributed by atoms with E-state index in [0.717, 1.165) is 41.7 Å². The number of fused-ring (bicyclic) bond motifs is 1. The summed E-state index contributed by atoms with van der Waals surface area (Å²) in [6.07, 6.45) is 6.95. The zero-order valence-electron chi connectivity index (χ0n) is 18.5. The van der Waals surface area contributed by atoms with E-state index in [1.54, 1.807) is 30.5 Å². The van der Waals surface area contributed by atoms with Crippen molar-refractivity contribution in [2.45, 2.75) is 32.1 Å². The summed E-state index contributed by atoms with van der Waals surface area (Å²) in [5, 5.41) is 6.20.